The normalized spacial score (nSPS) is 18.0. The molecular weight excluding hydrogens is 520 g/mol. The van der Waals surface area contributed by atoms with Crippen LogP contribution >= 0.6 is 11.6 Å². The number of hydrogen-bond acceptors (Lipinski definition) is 7. The minimum absolute atomic E-state index is 0.00891. The van der Waals surface area contributed by atoms with Crippen LogP contribution in [0.5, 0.6) is 0 Å². The van der Waals surface area contributed by atoms with E-state index in [1.807, 2.05) is 11.0 Å². The fourth-order valence-corrected chi connectivity index (χ4v) is 5.19. The number of carbonyl (C=O) groups excluding carboxylic acids is 2. The van der Waals surface area contributed by atoms with Crippen LogP contribution in [-0.2, 0) is 17.9 Å². The first-order valence-corrected chi connectivity index (χ1v) is 13.6. The number of aliphatic hydroxyl groups is 1. The van der Waals surface area contributed by atoms with Crippen molar-refractivity contribution in [2.75, 3.05) is 26.2 Å². The SMILES string of the molecule is C/C(N)=N/N(N)Cc1cc(Cl)ccc1/C=C/C(=O)N1CCC(O)(Cn2cc(C(=O)N3CCCCC3)cn2)CC1. The molecule has 2 amide bonds. The fraction of sp³-hybridized carbons (Fsp3) is 0.481. The van der Waals surface area contributed by atoms with Crippen LogP contribution in [0.2, 0.25) is 5.02 Å². The Morgan fingerprint density at radius 1 is 1.18 bits per heavy atom. The van der Waals surface area contributed by atoms with Gasteiger partial charge in [0.25, 0.3) is 5.91 Å². The lowest BCUT2D eigenvalue weighted by Gasteiger charge is -2.37. The molecule has 2 aromatic rings. The van der Waals surface area contributed by atoms with Crippen LogP contribution < -0.4 is 11.6 Å². The predicted molar refractivity (Wildman–Crippen MR) is 150 cm³/mol. The van der Waals surface area contributed by atoms with E-state index in [4.69, 9.17) is 23.2 Å². The Labute approximate surface area is 233 Å². The molecule has 5 N–H and O–H groups in total. The summed E-state index contributed by atoms with van der Waals surface area (Å²) in [6.07, 6.45) is 10.6. The molecule has 0 bridgehead atoms. The Balaban J connectivity index is 1.32. The molecule has 0 unspecified atom stereocenters. The Hall–Kier alpha value is -3.41. The van der Waals surface area contributed by atoms with Crippen molar-refractivity contribution in [2.24, 2.45) is 16.7 Å². The molecule has 0 spiro atoms. The summed E-state index contributed by atoms with van der Waals surface area (Å²) < 4.78 is 1.63. The third-order valence-electron chi connectivity index (χ3n) is 7.11. The van der Waals surface area contributed by atoms with Crippen molar-refractivity contribution in [1.29, 1.82) is 0 Å². The maximum atomic E-state index is 12.9. The second-order valence-corrected chi connectivity index (χ2v) is 10.8. The summed E-state index contributed by atoms with van der Waals surface area (Å²) in [4.78, 5) is 29.2. The third-order valence-corrected chi connectivity index (χ3v) is 7.35. The van der Waals surface area contributed by atoms with Crippen molar-refractivity contribution in [3.8, 4) is 0 Å². The smallest absolute Gasteiger partial charge is 0.257 e. The van der Waals surface area contributed by atoms with Gasteiger partial charge in [-0.15, -0.1) is 5.10 Å². The zero-order chi connectivity index (χ0) is 28.0. The molecule has 4 rings (SSSR count). The van der Waals surface area contributed by atoms with Crippen molar-refractivity contribution in [1.82, 2.24) is 24.7 Å². The van der Waals surface area contributed by atoms with Gasteiger partial charge in [-0.2, -0.15) is 5.10 Å². The minimum atomic E-state index is -1.01. The molecule has 12 heteroatoms. The molecule has 11 nitrogen and oxygen atoms in total. The highest BCUT2D eigenvalue weighted by Crippen LogP contribution is 2.25. The molecule has 1 aromatic heterocycles. The summed E-state index contributed by atoms with van der Waals surface area (Å²) in [5.74, 6) is 6.08. The number of rotatable bonds is 8. The summed E-state index contributed by atoms with van der Waals surface area (Å²) in [6, 6.07) is 5.34. The second kappa shape index (κ2) is 12.6. The summed E-state index contributed by atoms with van der Waals surface area (Å²) >= 11 is 6.16. The van der Waals surface area contributed by atoms with Crippen LogP contribution in [0.25, 0.3) is 6.08 Å². The molecule has 2 aliphatic rings. The molecule has 1 aromatic carbocycles. The minimum Gasteiger partial charge on any atom is -0.388 e. The van der Waals surface area contributed by atoms with E-state index in [9.17, 15) is 14.7 Å². The number of halogens is 1. The van der Waals surface area contributed by atoms with Crippen LogP contribution in [0.1, 0.15) is 60.5 Å². The monoisotopic (exact) mass is 556 g/mol. The van der Waals surface area contributed by atoms with Crippen LogP contribution in [0.3, 0.4) is 0 Å². The number of amides is 2. The van der Waals surface area contributed by atoms with E-state index < -0.39 is 5.60 Å². The Kier molecular flexibility index (Phi) is 9.26. The van der Waals surface area contributed by atoms with E-state index in [2.05, 4.69) is 10.2 Å². The van der Waals surface area contributed by atoms with Crippen LogP contribution in [-0.4, -0.2) is 79.2 Å². The number of benzene rings is 1. The molecule has 2 fully saturated rings. The van der Waals surface area contributed by atoms with Gasteiger partial charge in [0.2, 0.25) is 5.91 Å². The summed E-state index contributed by atoms with van der Waals surface area (Å²) in [7, 11) is 0. The lowest BCUT2D eigenvalue weighted by Crippen LogP contribution is -2.48. The van der Waals surface area contributed by atoms with Crippen LogP contribution in [0.15, 0.2) is 41.8 Å². The summed E-state index contributed by atoms with van der Waals surface area (Å²) in [5.41, 5.74) is 6.72. The van der Waals surface area contributed by atoms with Gasteiger partial charge in [-0.3, -0.25) is 14.3 Å². The highest BCUT2D eigenvalue weighted by molar-refractivity contribution is 6.30. The lowest BCUT2D eigenvalue weighted by atomic mass is 9.91. The Morgan fingerprint density at radius 2 is 1.90 bits per heavy atom. The van der Waals surface area contributed by atoms with Gasteiger partial charge in [-0.05, 0) is 68.4 Å². The first kappa shape index (κ1) is 28.6. The molecule has 39 heavy (non-hydrogen) atoms. The van der Waals surface area contributed by atoms with Gasteiger partial charge in [0.05, 0.1) is 30.5 Å². The molecule has 3 heterocycles. The van der Waals surface area contributed by atoms with Gasteiger partial charge in [0, 0.05) is 43.5 Å². The Bertz CT molecular complexity index is 1230. The number of hydrazine groups is 1. The predicted octanol–water partition coefficient (Wildman–Crippen LogP) is 2.20. The van der Waals surface area contributed by atoms with Crippen molar-refractivity contribution in [3.63, 3.8) is 0 Å². The number of nitrogens with two attached hydrogens (primary N) is 2. The van der Waals surface area contributed by atoms with E-state index in [1.165, 1.54) is 11.2 Å². The van der Waals surface area contributed by atoms with Gasteiger partial charge in [0.1, 0.15) is 5.84 Å². The molecule has 2 aliphatic heterocycles. The highest BCUT2D eigenvalue weighted by Gasteiger charge is 2.34. The number of amidine groups is 1. The average Bonchev–Trinajstić information content (AvgIpc) is 3.36. The largest absolute Gasteiger partial charge is 0.388 e. The number of likely N-dealkylation sites (tertiary alicyclic amines) is 2. The number of nitrogens with zero attached hydrogens (tertiary/aromatic N) is 6. The van der Waals surface area contributed by atoms with E-state index in [0.29, 0.717) is 42.4 Å². The first-order valence-electron chi connectivity index (χ1n) is 13.2. The van der Waals surface area contributed by atoms with Gasteiger partial charge in [-0.25, -0.2) is 11.0 Å². The number of hydrazone groups is 1. The standard InChI is InChI=1S/C27H37ClN8O3/c1-20(29)32-36(30)18-22-15-24(28)7-5-21(22)6-8-25(37)33-13-9-27(39,10-14-33)19-35-17-23(16-31-35)26(38)34-11-3-2-4-12-34/h5-8,15-17,39H,2-4,9-14,18-19,30H2,1H3,(H2,29,32)/b8-6+. The van der Waals surface area contributed by atoms with Gasteiger partial charge < -0.3 is 20.6 Å². The zero-order valence-corrected chi connectivity index (χ0v) is 23.1. The van der Waals surface area contributed by atoms with E-state index in [1.54, 1.807) is 47.1 Å². The van der Waals surface area contributed by atoms with E-state index in [-0.39, 0.29) is 24.9 Å². The topological polar surface area (TPSA) is 146 Å². The number of carbonyl (C=O) groups is 2. The molecule has 0 aliphatic carbocycles. The van der Waals surface area contributed by atoms with E-state index >= 15 is 0 Å². The molecular formula is C27H37ClN8O3. The van der Waals surface area contributed by atoms with Crippen LogP contribution in [0, 0.1) is 0 Å². The van der Waals surface area contributed by atoms with Crippen molar-refractivity contribution < 1.29 is 14.7 Å². The first-order chi connectivity index (χ1) is 18.6. The quantitative estimate of drug-likeness (QED) is 0.148. The molecule has 0 radical (unpaired) electrons. The van der Waals surface area contributed by atoms with Crippen molar-refractivity contribution >= 4 is 35.3 Å². The number of piperidine rings is 2. The third kappa shape index (κ3) is 7.81. The molecule has 0 saturated carbocycles. The maximum absolute atomic E-state index is 12.9. The van der Waals surface area contributed by atoms with Crippen molar-refractivity contribution in [3.05, 3.63) is 58.4 Å². The number of hydrogen-bond donors (Lipinski definition) is 3. The van der Waals surface area contributed by atoms with Gasteiger partial charge in [0.15, 0.2) is 0 Å². The molecule has 0 atom stereocenters. The highest BCUT2D eigenvalue weighted by atomic mass is 35.5. The zero-order valence-electron chi connectivity index (χ0n) is 22.3. The fourth-order valence-electron chi connectivity index (χ4n) is 5.00. The van der Waals surface area contributed by atoms with Gasteiger partial charge >= 0.3 is 0 Å². The molecule has 2 saturated heterocycles. The Morgan fingerprint density at radius 3 is 2.59 bits per heavy atom. The second-order valence-electron chi connectivity index (χ2n) is 10.3. The number of aromatic nitrogens is 2. The summed E-state index contributed by atoms with van der Waals surface area (Å²) in [5, 5.41) is 21.3. The maximum Gasteiger partial charge on any atom is 0.257 e. The lowest BCUT2D eigenvalue weighted by molar-refractivity contribution is -0.130. The molecule has 210 valence electrons. The van der Waals surface area contributed by atoms with E-state index in [0.717, 1.165) is 43.5 Å². The van der Waals surface area contributed by atoms with Gasteiger partial charge in [-0.1, -0.05) is 17.7 Å². The summed E-state index contributed by atoms with van der Waals surface area (Å²) in [6.45, 7) is 4.55. The van der Waals surface area contributed by atoms with Crippen LogP contribution in [0.4, 0.5) is 0 Å². The van der Waals surface area contributed by atoms with Crippen molar-refractivity contribution in [2.45, 2.75) is 57.7 Å². The average molecular weight is 557 g/mol.